The Morgan fingerprint density at radius 1 is 1.23 bits per heavy atom. The van der Waals surface area contributed by atoms with Gasteiger partial charge in [0.1, 0.15) is 0 Å². The van der Waals surface area contributed by atoms with Gasteiger partial charge >= 0.3 is 6.18 Å². The minimum Gasteiger partial charge on any atom is -0.358 e. The van der Waals surface area contributed by atoms with E-state index in [1.165, 1.54) is 12.1 Å². The molecule has 0 saturated carbocycles. The summed E-state index contributed by atoms with van der Waals surface area (Å²) >= 11 is 0. The van der Waals surface area contributed by atoms with Gasteiger partial charge < -0.3 is 10.3 Å². The molecule has 0 spiro atoms. The summed E-state index contributed by atoms with van der Waals surface area (Å²) in [5.74, 6) is 1.45. The third-order valence-corrected chi connectivity index (χ3v) is 5.49. The Morgan fingerprint density at radius 3 is 2.82 bits per heavy atom. The molecule has 2 nitrogen and oxygen atoms in total. The van der Waals surface area contributed by atoms with Crippen LogP contribution in [0.3, 0.4) is 0 Å². The summed E-state index contributed by atoms with van der Waals surface area (Å²) in [4.78, 5) is 3.37. The van der Waals surface area contributed by atoms with Crippen molar-refractivity contribution >= 4 is 10.9 Å². The second kappa shape index (κ2) is 4.75. The van der Waals surface area contributed by atoms with E-state index in [0.29, 0.717) is 17.8 Å². The van der Waals surface area contributed by atoms with Crippen molar-refractivity contribution in [1.82, 2.24) is 10.3 Å². The van der Waals surface area contributed by atoms with E-state index >= 15 is 0 Å². The van der Waals surface area contributed by atoms with Crippen LogP contribution < -0.4 is 5.32 Å². The molecule has 5 heteroatoms. The molecule has 1 aromatic heterocycles. The van der Waals surface area contributed by atoms with Crippen molar-refractivity contribution in [2.24, 2.45) is 11.8 Å². The number of benzene rings is 1. The monoisotopic (exact) mass is 308 g/mol. The first-order valence-corrected chi connectivity index (χ1v) is 7.87. The summed E-state index contributed by atoms with van der Waals surface area (Å²) in [6.07, 6.45) is -2.18. The minimum atomic E-state index is -4.29. The minimum absolute atomic E-state index is 0.291. The molecule has 1 aliphatic carbocycles. The molecule has 1 aromatic carbocycles. The molecule has 1 aliphatic heterocycles. The van der Waals surface area contributed by atoms with Crippen LogP contribution >= 0.6 is 0 Å². The molecule has 22 heavy (non-hydrogen) atoms. The van der Waals surface area contributed by atoms with Crippen molar-refractivity contribution in [3.63, 3.8) is 0 Å². The zero-order valence-corrected chi connectivity index (χ0v) is 12.4. The first-order valence-electron chi connectivity index (χ1n) is 7.87. The van der Waals surface area contributed by atoms with Gasteiger partial charge in [-0.25, -0.2) is 0 Å². The number of nitrogens with one attached hydrogen (secondary N) is 2. The van der Waals surface area contributed by atoms with Gasteiger partial charge in [0.25, 0.3) is 0 Å². The van der Waals surface area contributed by atoms with Gasteiger partial charge in [-0.1, -0.05) is 6.92 Å². The Labute approximate surface area is 127 Å². The largest absolute Gasteiger partial charge is 0.416 e. The van der Waals surface area contributed by atoms with Gasteiger partial charge in [-0.05, 0) is 67.4 Å². The zero-order valence-electron chi connectivity index (χ0n) is 12.4. The Bertz CT molecular complexity index is 716. The normalized spacial score (nSPS) is 28.5. The third kappa shape index (κ3) is 2.06. The molecule has 3 atom stereocenters. The van der Waals surface area contributed by atoms with Crippen molar-refractivity contribution in [1.29, 1.82) is 0 Å². The van der Waals surface area contributed by atoms with Gasteiger partial charge in [0.15, 0.2) is 0 Å². The number of piperidine rings is 1. The van der Waals surface area contributed by atoms with E-state index in [-0.39, 0.29) is 0 Å². The second-order valence-electron chi connectivity index (χ2n) is 6.68. The summed E-state index contributed by atoms with van der Waals surface area (Å²) in [7, 11) is 0. The number of hydrogen-bond acceptors (Lipinski definition) is 1. The molecule has 0 amide bonds. The van der Waals surface area contributed by atoms with Crippen molar-refractivity contribution in [2.45, 2.75) is 31.9 Å². The fraction of sp³-hybridized carbons (Fsp3) is 0.529. The van der Waals surface area contributed by atoms with Crippen LogP contribution in [0.2, 0.25) is 0 Å². The standard InChI is InChI=1S/C17H19F3N2/c1-9-13-8-21-5-4-10(13)6-15-16(9)12-7-11(17(18,19)20)2-3-14(12)22-15/h2-3,7,9-10,13,21-22H,4-6,8H2,1H3/t9?,10-,13?/m0/s1. The van der Waals surface area contributed by atoms with E-state index in [4.69, 9.17) is 0 Å². The first kappa shape index (κ1) is 14.1. The highest BCUT2D eigenvalue weighted by Gasteiger charge is 2.38. The third-order valence-electron chi connectivity index (χ3n) is 5.49. The number of halogens is 3. The fourth-order valence-electron chi connectivity index (χ4n) is 4.38. The average Bonchev–Trinajstić information content (AvgIpc) is 2.84. The molecule has 2 aliphatic rings. The topological polar surface area (TPSA) is 27.8 Å². The first-order chi connectivity index (χ1) is 10.4. The van der Waals surface area contributed by atoms with E-state index in [1.807, 2.05) is 0 Å². The number of aromatic nitrogens is 1. The Morgan fingerprint density at radius 2 is 2.05 bits per heavy atom. The smallest absolute Gasteiger partial charge is 0.358 e. The van der Waals surface area contributed by atoms with Gasteiger partial charge in [0.2, 0.25) is 0 Å². The lowest BCUT2D eigenvalue weighted by atomic mass is 9.68. The summed E-state index contributed by atoms with van der Waals surface area (Å²) < 4.78 is 39.0. The molecule has 1 saturated heterocycles. The molecule has 4 rings (SSSR count). The van der Waals surface area contributed by atoms with Crippen LogP contribution in [0.15, 0.2) is 18.2 Å². The van der Waals surface area contributed by atoms with Crippen LogP contribution in [0.5, 0.6) is 0 Å². The lowest BCUT2D eigenvalue weighted by molar-refractivity contribution is -0.137. The molecule has 0 radical (unpaired) electrons. The number of fused-ring (bicyclic) bond motifs is 4. The van der Waals surface area contributed by atoms with Crippen LogP contribution in [-0.4, -0.2) is 18.1 Å². The molecular formula is C17H19F3N2. The van der Waals surface area contributed by atoms with Crippen molar-refractivity contribution in [2.75, 3.05) is 13.1 Å². The number of hydrogen-bond donors (Lipinski definition) is 2. The molecule has 1 fully saturated rings. The van der Waals surface area contributed by atoms with E-state index in [9.17, 15) is 13.2 Å². The van der Waals surface area contributed by atoms with E-state index in [1.54, 1.807) is 6.07 Å². The Hall–Kier alpha value is -1.49. The number of rotatable bonds is 0. The average molecular weight is 308 g/mol. The highest BCUT2D eigenvalue weighted by molar-refractivity contribution is 5.86. The summed E-state index contributed by atoms with van der Waals surface area (Å²) in [5, 5.41) is 4.18. The van der Waals surface area contributed by atoms with Gasteiger partial charge in [0, 0.05) is 16.6 Å². The molecule has 0 bridgehead atoms. The van der Waals surface area contributed by atoms with Crippen molar-refractivity contribution < 1.29 is 13.2 Å². The molecule has 2 heterocycles. The van der Waals surface area contributed by atoms with E-state index < -0.39 is 11.7 Å². The van der Waals surface area contributed by atoms with Gasteiger partial charge in [0.05, 0.1) is 5.56 Å². The lowest BCUT2D eigenvalue weighted by Gasteiger charge is -2.40. The van der Waals surface area contributed by atoms with Gasteiger partial charge in [-0.15, -0.1) is 0 Å². The number of alkyl halides is 3. The lowest BCUT2D eigenvalue weighted by Crippen LogP contribution is -2.42. The van der Waals surface area contributed by atoms with Gasteiger partial charge in [-0.2, -0.15) is 13.2 Å². The summed E-state index contributed by atoms with van der Waals surface area (Å²) in [6, 6.07) is 4.06. The van der Waals surface area contributed by atoms with Crippen molar-refractivity contribution in [3.05, 3.63) is 35.0 Å². The molecule has 2 aromatic rings. The van der Waals surface area contributed by atoms with Crippen molar-refractivity contribution in [3.8, 4) is 0 Å². The maximum atomic E-state index is 13.0. The van der Waals surface area contributed by atoms with Crippen LogP contribution in [0.4, 0.5) is 13.2 Å². The van der Waals surface area contributed by atoms with Crippen LogP contribution in [-0.2, 0) is 12.6 Å². The predicted octanol–water partition coefficient (Wildman–Crippen LogP) is 4.07. The van der Waals surface area contributed by atoms with E-state index in [2.05, 4.69) is 17.2 Å². The SMILES string of the molecule is CC1c2c([nH]c3ccc(C(F)(F)F)cc23)C[C@@H]2CCNCC12. The van der Waals surface area contributed by atoms with Gasteiger partial charge in [-0.3, -0.25) is 0 Å². The quantitative estimate of drug-likeness (QED) is 0.754. The highest BCUT2D eigenvalue weighted by Crippen LogP contribution is 2.45. The Balaban J connectivity index is 1.86. The molecule has 2 N–H and O–H groups in total. The molecule has 118 valence electrons. The second-order valence-corrected chi connectivity index (χ2v) is 6.68. The number of aromatic amines is 1. The fourth-order valence-corrected chi connectivity index (χ4v) is 4.38. The summed E-state index contributed by atoms with van der Waals surface area (Å²) in [5.41, 5.74) is 2.52. The predicted molar refractivity (Wildman–Crippen MR) is 79.9 cm³/mol. The highest BCUT2D eigenvalue weighted by atomic mass is 19.4. The Kier molecular flexibility index (Phi) is 3.05. The summed E-state index contributed by atoms with van der Waals surface area (Å²) in [6.45, 7) is 4.18. The van der Waals surface area contributed by atoms with Crippen LogP contribution in [0.1, 0.15) is 36.1 Å². The molecular weight excluding hydrogens is 289 g/mol. The maximum absolute atomic E-state index is 13.0. The molecule has 2 unspecified atom stereocenters. The van der Waals surface area contributed by atoms with Crippen LogP contribution in [0.25, 0.3) is 10.9 Å². The maximum Gasteiger partial charge on any atom is 0.416 e. The van der Waals surface area contributed by atoms with E-state index in [0.717, 1.165) is 48.1 Å². The zero-order chi connectivity index (χ0) is 15.5. The number of H-pyrrole nitrogens is 1. The van der Waals surface area contributed by atoms with Crippen LogP contribution in [0, 0.1) is 11.8 Å².